The van der Waals surface area contributed by atoms with E-state index in [-0.39, 0.29) is 0 Å². The summed E-state index contributed by atoms with van der Waals surface area (Å²) in [6.07, 6.45) is 4.02. The fraction of sp³-hybridized carbons (Fsp3) is 0.727. The van der Waals surface area contributed by atoms with E-state index in [9.17, 15) is 0 Å². The van der Waals surface area contributed by atoms with Crippen molar-refractivity contribution in [2.75, 3.05) is 26.2 Å². The molecular formula is C11H20N4. The molecule has 84 valence electrons. The van der Waals surface area contributed by atoms with Gasteiger partial charge in [-0.2, -0.15) is 5.10 Å². The molecule has 0 amide bonds. The molecule has 0 bridgehead atoms. The van der Waals surface area contributed by atoms with Crippen LogP contribution in [0.15, 0.2) is 12.4 Å². The lowest BCUT2D eigenvalue weighted by Gasteiger charge is -2.31. The standard InChI is InChI=1S/C11H20N4/c1-10-7-13-15(8-10)6-5-14-4-3-12-11(2)9-14/h7-8,11-12H,3-6,9H2,1-2H3/t11-/m1/s1. The Morgan fingerprint density at radius 2 is 2.40 bits per heavy atom. The van der Waals surface area contributed by atoms with E-state index >= 15 is 0 Å². The van der Waals surface area contributed by atoms with Gasteiger partial charge in [-0.3, -0.25) is 9.58 Å². The Balaban J connectivity index is 1.77. The number of hydrogen-bond acceptors (Lipinski definition) is 3. The second-order valence-electron chi connectivity index (χ2n) is 4.44. The molecular weight excluding hydrogens is 188 g/mol. The van der Waals surface area contributed by atoms with E-state index in [2.05, 4.69) is 35.4 Å². The van der Waals surface area contributed by atoms with Gasteiger partial charge in [-0.05, 0) is 19.4 Å². The zero-order valence-electron chi connectivity index (χ0n) is 9.61. The largest absolute Gasteiger partial charge is 0.312 e. The number of aromatic nitrogens is 2. The Bertz CT molecular complexity index is 307. The zero-order chi connectivity index (χ0) is 10.7. The molecule has 1 aromatic heterocycles. The molecule has 1 aliphatic heterocycles. The Hall–Kier alpha value is -0.870. The lowest BCUT2D eigenvalue weighted by molar-refractivity contribution is 0.198. The third kappa shape index (κ3) is 3.04. The predicted octanol–water partition coefficient (Wildman–Crippen LogP) is 0.485. The number of nitrogens with zero attached hydrogens (tertiary/aromatic N) is 3. The Kier molecular flexibility index (Phi) is 3.38. The minimum atomic E-state index is 0.623. The summed E-state index contributed by atoms with van der Waals surface area (Å²) in [7, 11) is 0. The normalized spacial score (nSPS) is 23.2. The number of piperazine rings is 1. The first kappa shape index (κ1) is 10.6. The van der Waals surface area contributed by atoms with Gasteiger partial charge in [0.05, 0.1) is 12.7 Å². The van der Waals surface area contributed by atoms with Crippen LogP contribution in [0.25, 0.3) is 0 Å². The van der Waals surface area contributed by atoms with Crippen LogP contribution in [0.1, 0.15) is 12.5 Å². The van der Waals surface area contributed by atoms with Gasteiger partial charge in [-0.1, -0.05) is 0 Å². The van der Waals surface area contributed by atoms with Gasteiger partial charge in [-0.15, -0.1) is 0 Å². The summed E-state index contributed by atoms with van der Waals surface area (Å²) in [5, 5.41) is 7.74. The first-order valence-electron chi connectivity index (χ1n) is 5.69. The van der Waals surface area contributed by atoms with E-state index in [1.807, 2.05) is 10.9 Å². The molecule has 0 aromatic carbocycles. The van der Waals surface area contributed by atoms with Crippen molar-refractivity contribution in [1.29, 1.82) is 0 Å². The molecule has 1 saturated heterocycles. The Morgan fingerprint density at radius 3 is 3.07 bits per heavy atom. The number of hydrogen-bond donors (Lipinski definition) is 1. The van der Waals surface area contributed by atoms with Crippen molar-refractivity contribution < 1.29 is 0 Å². The molecule has 0 unspecified atom stereocenters. The molecule has 0 radical (unpaired) electrons. The average molecular weight is 208 g/mol. The number of aryl methyl sites for hydroxylation is 1. The monoisotopic (exact) mass is 208 g/mol. The summed E-state index contributed by atoms with van der Waals surface area (Å²) in [6.45, 7) is 9.85. The second kappa shape index (κ2) is 4.77. The summed E-state index contributed by atoms with van der Waals surface area (Å²) < 4.78 is 2.03. The highest BCUT2D eigenvalue weighted by molar-refractivity contribution is 4.99. The van der Waals surface area contributed by atoms with E-state index < -0.39 is 0 Å². The molecule has 2 heterocycles. The highest BCUT2D eigenvalue weighted by Crippen LogP contribution is 2.00. The summed E-state index contributed by atoms with van der Waals surface area (Å²) in [5.41, 5.74) is 1.24. The first-order chi connectivity index (χ1) is 7.24. The van der Waals surface area contributed by atoms with Crippen LogP contribution in [-0.2, 0) is 6.54 Å². The van der Waals surface area contributed by atoms with Gasteiger partial charge in [-0.25, -0.2) is 0 Å². The van der Waals surface area contributed by atoms with Crippen molar-refractivity contribution in [2.24, 2.45) is 0 Å². The minimum absolute atomic E-state index is 0.623. The second-order valence-corrected chi connectivity index (χ2v) is 4.44. The summed E-state index contributed by atoms with van der Waals surface area (Å²) >= 11 is 0. The van der Waals surface area contributed by atoms with Crippen LogP contribution >= 0.6 is 0 Å². The highest BCUT2D eigenvalue weighted by Gasteiger charge is 2.14. The van der Waals surface area contributed by atoms with E-state index in [0.29, 0.717) is 6.04 Å². The summed E-state index contributed by atoms with van der Waals surface area (Å²) in [4.78, 5) is 2.50. The number of rotatable bonds is 3. The van der Waals surface area contributed by atoms with Crippen molar-refractivity contribution in [1.82, 2.24) is 20.0 Å². The molecule has 0 aliphatic carbocycles. The Labute approximate surface area is 91.3 Å². The smallest absolute Gasteiger partial charge is 0.0536 e. The van der Waals surface area contributed by atoms with Crippen LogP contribution in [0.4, 0.5) is 0 Å². The lowest BCUT2D eigenvalue weighted by Crippen LogP contribution is -2.49. The van der Waals surface area contributed by atoms with Gasteiger partial charge in [0.1, 0.15) is 0 Å². The van der Waals surface area contributed by atoms with E-state index in [0.717, 1.165) is 32.7 Å². The molecule has 1 aliphatic rings. The van der Waals surface area contributed by atoms with Crippen molar-refractivity contribution in [3.63, 3.8) is 0 Å². The predicted molar refractivity (Wildman–Crippen MR) is 60.9 cm³/mol. The van der Waals surface area contributed by atoms with Crippen LogP contribution in [0.5, 0.6) is 0 Å². The topological polar surface area (TPSA) is 33.1 Å². The molecule has 1 aromatic rings. The maximum Gasteiger partial charge on any atom is 0.0536 e. The highest BCUT2D eigenvalue weighted by atomic mass is 15.3. The third-order valence-electron chi connectivity index (χ3n) is 2.86. The quantitative estimate of drug-likeness (QED) is 0.784. The van der Waals surface area contributed by atoms with Gasteiger partial charge in [0.15, 0.2) is 0 Å². The average Bonchev–Trinajstić information content (AvgIpc) is 2.62. The zero-order valence-corrected chi connectivity index (χ0v) is 9.61. The molecule has 1 fully saturated rings. The molecule has 4 nitrogen and oxygen atoms in total. The first-order valence-corrected chi connectivity index (χ1v) is 5.69. The maximum atomic E-state index is 4.29. The summed E-state index contributed by atoms with van der Waals surface area (Å²) in [5.74, 6) is 0. The molecule has 0 saturated carbocycles. The molecule has 1 atom stereocenters. The van der Waals surface area contributed by atoms with Gasteiger partial charge in [0.25, 0.3) is 0 Å². The maximum absolute atomic E-state index is 4.29. The van der Waals surface area contributed by atoms with Gasteiger partial charge in [0.2, 0.25) is 0 Å². The third-order valence-corrected chi connectivity index (χ3v) is 2.86. The van der Waals surface area contributed by atoms with Crippen molar-refractivity contribution in [3.8, 4) is 0 Å². The van der Waals surface area contributed by atoms with Crippen molar-refractivity contribution in [3.05, 3.63) is 18.0 Å². The molecule has 2 rings (SSSR count). The molecule has 15 heavy (non-hydrogen) atoms. The SMILES string of the molecule is Cc1cnn(CCN2CCN[C@H](C)C2)c1. The molecule has 4 heteroatoms. The molecule has 1 N–H and O–H groups in total. The van der Waals surface area contributed by atoms with Gasteiger partial charge < -0.3 is 5.32 Å². The fourth-order valence-electron chi connectivity index (χ4n) is 2.05. The van der Waals surface area contributed by atoms with Gasteiger partial charge >= 0.3 is 0 Å². The fourth-order valence-corrected chi connectivity index (χ4v) is 2.05. The van der Waals surface area contributed by atoms with Crippen LogP contribution in [0.3, 0.4) is 0 Å². The van der Waals surface area contributed by atoms with Crippen LogP contribution in [0.2, 0.25) is 0 Å². The number of nitrogens with one attached hydrogen (secondary N) is 1. The lowest BCUT2D eigenvalue weighted by atomic mass is 10.2. The summed E-state index contributed by atoms with van der Waals surface area (Å²) in [6, 6.07) is 0.623. The van der Waals surface area contributed by atoms with E-state index in [1.165, 1.54) is 5.56 Å². The van der Waals surface area contributed by atoms with Crippen LogP contribution < -0.4 is 5.32 Å². The van der Waals surface area contributed by atoms with Crippen LogP contribution in [0, 0.1) is 6.92 Å². The van der Waals surface area contributed by atoms with Crippen LogP contribution in [-0.4, -0.2) is 46.9 Å². The van der Waals surface area contributed by atoms with Crippen molar-refractivity contribution in [2.45, 2.75) is 26.4 Å². The Morgan fingerprint density at radius 1 is 1.53 bits per heavy atom. The van der Waals surface area contributed by atoms with E-state index in [4.69, 9.17) is 0 Å². The molecule has 0 spiro atoms. The minimum Gasteiger partial charge on any atom is -0.312 e. The van der Waals surface area contributed by atoms with E-state index in [1.54, 1.807) is 0 Å². The van der Waals surface area contributed by atoms with Gasteiger partial charge in [0, 0.05) is 38.4 Å². The van der Waals surface area contributed by atoms with Crippen molar-refractivity contribution >= 4 is 0 Å².